The van der Waals surface area contributed by atoms with Crippen molar-refractivity contribution in [3.8, 4) is 67.5 Å². The fraction of sp³-hybridized carbons (Fsp3) is 0.224. The number of furan rings is 1. The highest BCUT2D eigenvalue weighted by Gasteiger charge is 2.61. The molecule has 7 aromatic carbocycles. The van der Waals surface area contributed by atoms with Gasteiger partial charge in [-0.2, -0.15) is 0 Å². The van der Waals surface area contributed by atoms with E-state index in [-0.39, 0.29) is 10.8 Å². The van der Waals surface area contributed by atoms with Crippen LogP contribution in [0.15, 0.2) is 156 Å². The molecule has 4 heteroatoms. The van der Waals surface area contributed by atoms with Crippen LogP contribution in [0, 0.1) is 23.7 Å². The predicted octanol–water partition coefficient (Wildman–Crippen LogP) is 14.5. The number of aromatic nitrogens is 3. The first-order valence-electron chi connectivity index (χ1n) is 22.7. The molecule has 0 radical (unpaired) electrons. The Bertz CT molecular complexity index is 3330. The average molecular weight is 800 g/mol. The van der Waals surface area contributed by atoms with Crippen molar-refractivity contribution in [3.05, 3.63) is 174 Å². The van der Waals surface area contributed by atoms with Crippen molar-refractivity contribution >= 4 is 21.9 Å². The summed E-state index contributed by atoms with van der Waals surface area (Å²) in [7, 11) is 0. The molecule has 0 N–H and O–H groups in total. The maximum Gasteiger partial charge on any atom is 0.167 e. The molecule has 4 saturated carbocycles. The standard InChI is InChI=1S/C58H45N3O/c1-57(2)48-17-8-6-13-41(48)46-30-36(20-23-49(46)57)37-19-22-42-47-31-38(21-24-50(47)58(51(42)32-37)39-26-33-25-34(28-39)29-40(58)27-33)55-59-54(35-11-4-3-5-12-35)60-56(61-55)45-16-10-15-44-43-14-7-9-18-52(43)62-53(44)45/h3-24,30-34,39-40H,25-29H2,1-2H3. The van der Waals surface area contributed by atoms with Crippen LogP contribution in [-0.2, 0) is 10.8 Å². The Morgan fingerprint density at radius 3 is 1.84 bits per heavy atom. The minimum absolute atomic E-state index is 0.00585. The largest absolute Gasteiger partial charge is 0.455 e. The van der Waals surface area contributed by atoms with Crippen molar-refractivity contribution in [1.29, 1.82) is 0 Å². The topological polar surface area (TPSA) is 51.8 Å². The van der Waals surface area contributed by atoms with Gasteiger partial charge in [-0.1, -0.05) is 135 Å². The van der Waals surface area contributed by atoms with Gasteiger partial charge in [0.05, 0.1) is 5.56 Å². The molecule has 2 aromatic heterocycles. The Balaban J connectivity index is 0.949. The summed E-state index contributed by atoms with van der Waals surface area (Å²) < 4.78 is 6.53. The fourth-order valence-corrected chi connectivity index (χ4v) is 13.7. The first-order chi connectivity index (χ1) is 30.4. The molecule has 1 spiro atoms. The first-order valence-corrected chi connectivity index (χ1v) is 22.7. The van der Waals surface area contributed by atoms with Crippen LogP contribution < -0.4 is 0 Å². The Morgan fingerprint density at radius 1 is 0.419 bits per heavy atom. The van der Waals surface area contributed by atoms with Crippen LogP contribution in [0.25, 0.3) is 89.5 Å². The number of hydrogen-bond donors (Lipinski definition) is 0. The lowest BCUT2D eigenvalue weighted by Crippen LogP contribution is -2.55. The Hall–Kier alpha value is -6.65. The van der Waals surface area contributed by atoms with Crippen LogP contribution in [0.3, 0.4) is 0 Å². The van der Waals surface area contributed by atoms with Crippen LogP contribution in [0.5, 0.6) is 0 Å². The van der Waals surface area contributed by atoms with Crippen molar-refractivity contribution in [2.75, 3.05) is 0 Å². The van der Waals surface area contributed by atoms with E-state index in [1.165, 1.54) is 82.2 Å². The zero-order valence-corrected chi connectivity index (χ0v) is 35.0. The van der Waals surface area contributed by atoms with E-state index in [0.29, 0.717) is 29.3 Å². The van der Waals surface area contributed by atoms with Crippen molar-refractivity contribution in [2.24, 2.45) is 23.7 Å². The van der Waals surface area contributed by atoms with Gasteiger partial charge in [-0.15, -0.1) is 0 Å². The van der Waals surface area contributed by atoms with Gasteiger partial charge in [-0.25, -0.2) is 15.0 Å². The fourth-order valence-electron chi connectivity index (χ4n) is 13.7. The number of para-hydroxylation sites is 2. The zero-order chi connectivity index (χ0) is 40.9. The van der Waals surface area contributed by atoms with E-state index in [1.54, 1.807) is 5.56 Å². The van der Waals surface area contributed by atoms with E-state index in [4.69, 9.17) is 19.4 Å². The third-order valence-electron chi connectivity index (χ3n) is 16.1. The summed E-state index contributed by atoms with van der Waals surface area (Å²) in [6, 6.07) is 55.7. The van der Waals surface area contributed by atoms with Gasteiger partial charge in [0.25, 0.3) is 0 Å². The maximum atomic E-state index is 6.53. The van der Waals surface area contributed by atoms with Gasteiger partial charge in [-0.3, -0.25) is 0 Å². The second-order valence-corrected chi connectivity index (χ2v) is 19.6. The monoisotopic (exact) mass is 799 g/mol. The van der Waals surface area contributed by atoms with Crippen molar-refractivity contribution < 1.29 is 4.42 Å². The molecule has 6 aliphatic rings. The molecule has 2 heterocycles. The lowest BCUT2D eigenvalue weighted by Gasteiger charge is -2.61. The maximum absolute atomic E-state index is 6.53. The molecule has 0 atom stereocenters. The summed E-state index contributed by atoms with van der Waals surface area (Å²) in [5, 5.41) is 2.15. The van der Waals surface area contributed by atoms with Crippen LogP contribution in [0.4, 0.5) is 0 Å². The lowest BCUT2D eigenvalue weighted by atomic mass is 9.43. The van der Waals surface area contributed by atoms with Gasteiger partial charge in [0.2, 0.25) is 0 Å². The van der Waals surface area contributed by atoms with Crippen molar-refractivity contribution in [2.45, 2.75) is 56.8 Å². The first kappa shape index (κ1) is 35.0. The van der Waals surface area contributed by atoms with Crippen molar-refractivity contribution in [1.82, 2.24) is 15.0 Å². The summed E-state index contributed by atoms with van der Waals surface area (Å²) in [5.74, 6) is 5.00. The minimum Gasteiger partial charge on any atom is -0.455 e. The molecule has 0 aliphatic heterocycles. The second kappa shape index (κ2) is 12.5. The molecule has 6 aliphatic carbocycles. The molecule has 0 saturated heterocycles. The van der Waals surface area contributed by atoms with Gasteiger partial charge < -0.3 is 4.42 Å². The Kier molecular flexibility index (Phi) is 7.04. The molecular formula is C58H45N3O. The normalized spacial score (nSPS) is 23.2. The molecule has 0 amide bonds. The third-order valence-corrected chi connectivity index (χ3v) is 16.1. The predicted molar refractivity (Wildman–Crippen MR) is 250 cm³/mol. The SMILES string of the molecule is CC1(C)c2ccccc2-c2cc(-c3ccc4c(c3)C3(c5ccc(-c6nc(-c7ccccc7)nc(-c7cccc8c7oc7ccccc78)n6)cc5-4)C4CC5CC(C4)CC3C5)ccc21. The van der Waals surface area contributed by atoms with E-state index in [2.05, 4.69) is 135 Å². The number of benzene rings is 7. The zero-order valence-electron chi connectivity index (χ0n) is 35.0. The van der Waals surface area contributed by atoms with Gasteiger partial charge in [0.15, 0.2) is 17.5 Å². The Morgan fingerprint density at radius 2 is 1.00 bits per heavy atom. The lowest BCUT2D eigenvalue weighted by molar-refractivity contribution is -0.0399. The summed E-state index contributed by atoms with van der Waals surface area (Å²) in [6.07, 6.45) is 6.79. The van der Waals surface area contributed by atoms with Gasteiger partial charge >= 0.3 is 0 Å². The van der Waals surface area contributed by atoms with Crippen molar-refractivity contribution in [3.63, 3.8) is 0 Å². The van der Waals surface area contributed by atoms with Crippen LogP contribution in [0.2, 0.25) is 0 Å². The van der Waals surface area contributed by atoms with E-state index in [1.807, 2.05) is 30.3 Å². The molecule has 0 unspecified atom stereocenters. The smallest absolute Gasteiger partial charge is 0.167 e. The molecule has 15 rings (SSSR count). The summed E-state index contributed by atoms with van der Waals surface area (Å²) in [4.78, 5) is 15.7. The van der Waals surface area contributed by atoms with E-state index < -0.39 is 0 Å². The molecule has 4 bridgehead atoms. The van der Waals surface area contributed by atoms with Crippen LogP contribution in [-0.4, -0.2) is 15.0 Å². The third kappa shape index (κ3) is 4.70. The summed E-state index contributed by atoms with van der Waals surface area (Å²) >= 11 is 0. The Labute approximate surface area is 361 Å². The quantitative estimate of drug-likeness (QED) is 0.178. The summed E-state index contributed by atoms with van der Waals surface area (Å²) in [6.45, 7) is 4.74. The van der Waals surface area contributed by atoms with E-state index in [0.717, 1.165) is 50.5 Å². The summed E-state index contributed by atoms with van der Waals surface area (Å²) in [5.41, 5.74) is 18.5. The molecule has 298 valence electrons. The number of hydrogen-bond acceptors (Lipinski definition) is 4. The molecule has 4 nitrogen and oxygen atoms in total. The highest BCUT2D eigenvalue weighted by molar-refractivity contribution is 6.09. The highest BCUT2D eigenvalue weighted by Crippen LogP contribution is 2.69. The highest BCUT2D eigenvalue weighted by atomic mass is 16.3. The number of nitrogens with zero attached hydrogens (tertiary/aromatic N) is 3. The van der Waals surface area contributed by atoms with Gasteiger partial charge in [-0.05, 0) is 142 Å². The minimum atomic E-state index is -0.00585. The molecule has 4 fully saturated rings. The molecular weight excluding hydrogens is 755 g/mol. The van der Waals surface area contributed by atoms with Gasteiger partial charge in [0, 0.05) is 32.7 Å². The number of fused-ring (bicyclic) bond motifs is 9. The second-order valence-electron chi connectivity index (χ2n) is 19.6. The van der Waals surface area contributed by atoms with Crippen LogP contribution >= 0.6 is 0 Å². The molecule has 62 heavy (non-hydrogen) atoms. The van der Waals surface area contributed by atoms with Gasteiger partial charge in [0.1, 0.15) is 11.2 Å². The average Bonchev–Trinajstić information content (AvgIpc) is 3.91. The molecule has 9 aromatic rings. The van der Waals surface area contributed by atoms with Crippen LogP contribution in [0.1, 0.15) is 68.2 Å². The van der Waals surface area contributed by atoms with E-state index in [9.17, 15) is 0 Å². The van der Waals surface area contributed by atoms with E-state index >= 15 is 0 Å². The number of rotatable bonds is 4.